The average Bonchev–Trinajstić information content (AvgIpc) is 3.69. The molecule has 0 unspecified atom stereocenters. The van der Waals surface area contributed by atoms with Gasteiger partial charge in [-0.3, -0.25) is 0 Å². The Morgan fingerprint density at radius 3 is 1.51 bits per heavy atom. The Kier molecular flexibility index (Phi) is 8.58. The van der Waals surface area contributed by atoms with E-state index in [0.717, 1.165) is 17.1 Å². The molecule has 61 heavy (non-hydrogen) atoms. The minimum atomic E-state index is -0.0976. The van der Waals surface area contributed by atoms with Crippen LogP contribution in [0.5, 0.6) is 0 Å². The highest BCUT2D eigenvalue weighted by Gasteiger charge is 2.37. The first-order valence-corrected chi connectivity index (χ1v) is 21.5. The van der Waals surface area contributed by atoms with Gasteiger partial charge in [-0.1, -0.05) is 204 Å². The fourth-order valence-corrected chi connectivity index (χ4v) is 10.4. The topological polar surface area (TPSA) is 3.24 Å². The summed E-state index contributed by atoms with van der Waals surface area (Å²) in [5, 5.41) is 0. The Hall–Kier alpha value is -7.22. The third-order valence-electron chi connectivity index (χ3n) is 13.5. The fraction of sp³-hybridized carbons (Fsp3) is 0.100. The molecular weight excluding hydrogens is 735 g/mol. The molecular formula is C60H47N. The summed E-state index contributed by atoms with van der Waals surface area (Å²) in [7, 11) is 0. The van der Waals surface area contributed by atoms with Crippen LogP contribution in [0.1, 0.15) is 49.9 Å². The molecule has 1 heteroatoms. The van der Waals surface area contributed by atoms with E-state index < -0.39 is 0 Å². The van der Waals surface area contributed by atoms with Gasteiger partial charge in [-0.15, -0.1) is 0 Å². The number of rotatable bonds is 7. The van der Waals surface area contributed by atoms with Crippen molar-refractivity contribution >= 4 is 17.1 Å². The number of hydrogen-bond donors (Lipinski definition) is 0. The highest BCUT2D eigenvalue weighted by molar-refractivity contribution is 5.99. The Labute approximate surface area is 360 Å². The lowest BCUT2D eigenvalue weighted by molar-refractivity contribution is 0.660. The molecule has 0 fully saturated rings. The zero-order valence-electron chi connectivity index (χ0n) is 35.2. The quantitative estimate of drug-likeness (QED) is 0.156. The smallest absolute Gasteiger partial charge is 0.0540 e. The minimum Gasteiger partial charge on any atom is -0.310 e. The van der Waals surface area contributed by atoms with Crippen molar-refractivity contribution in [2.45, 2.75) is 38.5 Å². The van der Waals surface area contributed by atoms with E-state index in [-0.39, 0.29) is 10.8 Å². The average molecular weight is 782 g/mol. The molecule has 9 aromatic carbocycles. The first-order chi connectivity index (χ1) is 29.8. The van der Waals surface area contributed by atoms with Crippen molar-refractivity contribution < 1.29 is 0 Å². The van der Waals surface area contributed by atoms with Gasteiger partial charge in [0.05, 0.1) is 5.69 Å². The van der Waals surface area contributed by atoms with Gasteiger partial charge in [0.1, 0.15) is 0 Å². The molecule has 0 aromatic heterocycles. The number of fused-ring (bicyclic) bond motifs is 6. The Balaban J connectivity index is 1.10. The van der Waals surface area contributed by atoms with Gasteiger partial charge in [-0.25, -0.2) is 0 Å². The lowest BCUT2D eigenvalue weighted by Crippen LogP contribution is -2.15. The summed E-state index contributed by atoms with van der Waals surface area (Å²) in [5.41, 5.74) is 23.8. The summed E-state index contributed by atoms with van der Waals surface area (Å²) in [4.78, 5) is 2.47. The van der Waals surface area contributed by atoms with Crippen LogP contribution in [-0.4, -0.2) is 0 Å². The molecule has 292 valence electrons. The molecule has 0 atom stereocenters. The van der Waals surface area contributed by atoms with Gasteiger partial charge in [-0.2, -0.15) is 0 Å². The second-order valence-corrected chi connectivity index (χ2v) is 17.7. The molecule has 9 aromatic rings. The molecule has 0 saturated heterocycles. The van der Waals surface area contributed by atoms with E-state index in [2.05, 4.69) is 245 Å². The van der Waals surface area contributed by atoms with Crippen molar-refractivity contribution in [2.75, 3.05) is 4.90 Å². The fourth-order valence-electron chi connectivity index (χ4n) is 10.4. The third-order valence-corrected chi connectivity index (χ3v) is 13.5. The van der Waals surface area contributed by atoms with E-state index >= 15 is 0 Å². The predicted octanol–water partition coefficient (Wildman–Crippen LogP) is 16.4. The number of hydrogen-bond acceptors (Lipinski definition) is 1. The molecule has 0 amide bonds. The lowest BCUT2D eigenvalue weighted by atomic mass is 9.82. The van der Waals surface area contributed by atoms with Crippen molar-refractivity contribution in [1.29, 1.82) is 0 Å². The Bertz CT molecular complexity index is 3120. The summed E-state index contributed by atoms with van der Waals surface area (Å²) in [5.74, 6) is 0. The third kappa shape index (κ3) is 5.91. The SMILES string of the molecule is CC1(C)c2ccccc2-c2cc(-c3ccc(N(c4ccc(-c5ccccc5)c(-c5ccccc5)c4)c4ccccc4-c4cccc5c4-c4ccccc4C5(C)C)cc3)ccc21. The van der Waals surface area contributed by atoms with Gasteiger partial charge in [0, 0.05) is 27.8 Å². The summed E-state index contributed by atoms with van der Waals surface area (Å²) < 4.78 is 0. The van der Waals surface area contributed by atoms with Gasteiger partial charge in [-0.05, 0) is 120 Å². The van der Waals surface area contributed by atoms with Gasteiger partial charge in [0.2, 0.25) is 0 Å². The Morgan fingerprint density at radius 1 is 0.279 bits per heavy atom. The maximum atomic E-state index is 2.47. The first kappa shape index (κ1) is 36.8. The maximum Gasteiger partial charge on any atom is 0.0540 e. The van der Waals surface area contributed by atoms with Crippen LogP contribution in [-0.2, 0) is 10.8 Å². The standard InChI is InChI=1S/C60H47N/c1-59(2)53-26-14-11-22-47(53)52-38-43(32-37-55(52)59)40-30-33-44(34-31-40)61(45-35-36-46(41-18-7-5-8-19-41)51(39-45)42-20-9-6-10-21-42)57-29-16-13-23-48(57)49-25-17-28-56-58(49)50-24-12-15-27-54(50)60(56,3)4/h5-39H,1-4H3. The zero-order valence-corrected chi connectivity index (χ0v) is 35.2. The summed E-state index contributed by atoms with van der Waals surface area (Å²) >= 11 is 0. The summed E-state index contributed by atoms with van der Waals surface area (Å²) in [6, 6.07) is 78.5. The zero-order chi connectivity index (χ0) is 41.3. The number of anilines is 3. The van der Waals surface area contributed by atoms with Crippen LogP contribution in [0.25, 0.3) is 66.8 Å². The van der Waals surface area contributed by atoms with Gasteiger partial charge in [0.15, 0.2) is 0 Å². The van der Waals surface area contributed by atoms with Crippen LogP contribution in [0.2, 0.25) is 0 Å². The van der Waals surface area contributed by atoms with Crippen LogP contribution in [0.4, 0.5) is 17.1 Å². The van der Waals surface area contributed by atoms with Gasteiger partial charge >= 0.3 is 0 Å². The van der Waals surface area contributed by atoms with E-state index in [1.807, 2.05) is 0 Å². The van der Waals surface area contributed by atoms with Crippen molar-refractivity contribution in [1.82, 2.24) is 0 Å². The molecule has 0 aliphatic heterocycles. The van der Waals surface area contributed by atoms with E-state index in [1.165, 1.54) is 89.0 Å². The van der Waals surface area contributed by atoms with Crippen molar-refractivity contribution in [2.24, 2.45) is 0 Å². The molecule has 0 spiro atoms. The summed E-state index contributed by atoms with van der Waals surface area (Å²) in [6.07, 6.45) is 0. The molecule has 0 bridgehead atoms. The van der Waals surface area contributed by atoms with Crippen molar-refractivity contribution in [3.63, 3.8) is 0 Å². The molecule has 2 aliphatic rings. The molecule has 0 radical (unpaired) electrons. The maximum absolute atomic E-state index is 2.47. The van der Waals surface area contributed by atoms with E-state index in [0.29, 0.717) is 0 Å². The van der Waals surface area contributed by atoms with Crippen LogP contribution in [0.3, 0.4) is 0 Å². The second kappa shape index (κ2) is 14.2. The van der Waals surface area contributed by atoms with Crippen LogP contribution in [0.15, 0.2) is 212 Å². The number of benzene rings is 9. The molecule has 1 nitrogen and oxygen atoms in total. The molecule has 0 saturated carbocycles. The lowest BCUT2D eigenvalue weighted by Gasteiger charge is -2.30. The van der Waals surface area contributed by atoms with Crippen molar-refractivity contribution in [3.05, 3.63) is 235 Å². The first-order valence-electron chi connectivity index (χ1n) is 21.5. The predicted molar refractivity (Wildman–Crippen MR) is 258 cm³/mol. The van der Waals surface area contributed by atoms with Crippen LogP contribution >= 0.6 is 0 Å². The van der Waals surface area contributed by atoms with E-state index in [9.17, 15) is 0 Å². The molecule has 0 N–H and O–H groups in total. The highest BCUT2D eigenvalue weighted by Crippen LogP contribution is 2.54. The Morgan fingerprint density at radius 2 is 0.787 bits per heavy atom. The van der Waals surface area contributed by atoms with Crippen LogP contribution in [0, 0.1) is 0 Å². The minimum absolute atomic E-state index is 0.0203. The highest BCUT2D eigenvalue weighted by atomic mass is 15.1. The number of nitrogens with zero attached hydrogens (tertiary/aromatic N) is 1. The molecule has 0 heterocycles. The number of para-hydroxylation sites is 1. The molecule has 2 aliphatic carbocycles. The van der Waals surface area contributed by atoms with Gasteiger partial charge < -0.3 is 4.90 Å². The summed E-state index contributed by atoms with van der Waals surface area (Å²) in [6.45, 7) is 9.41. The van der Waals surface area contributed by atoms with Crippen LogP contribution < -0.4 is 4.90 Å². The largest absolute Gasteiger partial charge is 0.310 e. The second-order valence-electron chi connectivity index (χ2n) is 17.7. The van der Waals surface area contributed by atoms with Crippen molar-refractivity contribution in [3.8, 4) is 66.8 Å². The normalized spacial score (nSPS) is 13.8. The molecule has 11 rings (SSSR count). The van der Waals surface area contributed by atoms with E-state index in [4.69, 9.17) is 0 Å². The van der Waals surface area contributed by atoms with E-state index in [1.54, 1.807) is 0 Å². The van der Waals surface area contributed by atoms with Gasteiger partial charge in [0.25, 0.3) is 0 Å². The monoisotopic (exact) mass is 781 g/mol.